The van der Waals surface area contributed by atoms with Crippen molar-refractivity contribution < 1.29 is 4.74 Å². The molecule has 0 bridgehead atoms. The zero-order valence-electron chi connectivity index (χ0n) is 14.8. The van der Waals surface area contributed by atoms with Crippen molar-refractivity contribution >= 4 is 17.7 Å². The molecule has 2 aromatic carbocycles. The molecule has 1 fully saturated rings. The second-order valence-electron chi connectivity index (χ2n) is 6.54. The predicted octanol–water partition coefficient (Wildman–Crippen LogP) is 5.54. The number of hydrogen-bond donors (Lipinski definition) is 0. The van der Waals surface area contributed by atoms with E-state index < -0.39 is 0 Å². The van der Waals surface area contributed by atoms with E-state index in [-0.39, 0.29) is 0 Å². The van der Waals surface area contributed by atoms with Crippen LogP contribution < -0.4 is 4.74 Å². The zero-order chi connectivity index (χ0) is 17.5. The van der Waals surface area contributed by atoms with Crippen molar-refractivity contribution in [3.63, 3.8) is 0 Å². The van der Waals surface area contributed by atoms with Gasteiger partial charge >= 0.3 is 0 Å². The van der Waals surface area contributed by atoms with Gasteiger partial charge < -0.3 is 9.64 Å². The van der Waals surface area contributed by atoms with Crippen LogP contribution in [0.5, 0.6) is 5.75 Å². The molecule has 1 heterocycles. The molecule has 2 nitrogen and oxygen atoms in total. The molecule has 1 aliphatic rings. The Hall–Kier alpha value is -1.93. The van der Waals surface area contributed by atoms with Crippen LogP contribution in [0.2, 0.25) is 0 Å². The van der Waals surface area contributed by atoms with Gasteiger partial charge in [-0.3, -0.25) is 0 Å². The minimum absolute atomic E-state index is 0.539. The molecule has 0 aliphatic carbocycles. The van der Waals surface area contributed by atoms with Gasteiger partial charge in [0.15, 0.2) is 0 Å². The van der Waals surface area contributed by atoms with Crippen molar-refractivity contribution in [1.82, 2.24) is 4.90 Å². The predicted molar refractivity (Wildman–Crippen MR) is 106 cm³/mol. The number of hydrogen-bond acceptors (Lipinski definition) is 2. The number of alkyl halides is 1. The van der Waals surface area contributed by atoms with Crippen LogP contribution in [0.15, 0.2) is 60.3 Å². The third-order valence-corrected chi connectivity index (χ3v) is 5.14. The summed E-state index contributed by atoms with van der Waals surface area (Å²) in [6.07, 6.45) is 5.59. The van der Waals surface area contributed by atoms with Gasteiger partial charge in [-0.25, -0.2) is 0 Å². The highest BCUT2D eigenvalue weighted by Crippen LogP contribution is 2.35. The lowest BCUT2D eigenvalue weighted by molar-refractivity contribution is 0.275. The standard InChI is InChI=1S/C22H26ClNO/c1-25-22-10-5-9-19(17-22)20-11-14-24(13-6-12-23)21(16-20)15-18-7-3-2-4-8-18/h2-5,7-10,15,17,20H,6,11-14,16H2,1H3. The fourth-order valence-corrected chi connectivity index (χ4v) is 3.64. The van der Waals surface area contributed by atoms with Gasteiger partial charge in [-0.15, -0.1) is 11.6 Å². The SMILES string of the molecule is COc1cccc(C2CCN(CCCCl)C(=Cc3ccccc3)C2)c1. The van der Waals surface area contributed by atoms with E-state index in [2.05, 4.69) is 59.5 Å². The number of nitrogens with zero attached hydrogens (tertiary/aromatic N) is 1. The number of piperidine rings is 1. The lowest BCUT2D eigenvalue weighted by Gasteiger charge is -2.36. The van der Waals surface area contributed by atoms with Gasteiger partial charge in [-0.2, -0.15) is 0 Å². The Morgan fingerprint density at radius 1 is 1.16 bits per heavy atom. The minimum Gasteiger partial charge on any atom is -0.497 e. The molecule has 1 atom stereocenters. The van der Waals surface area contributed by atoms with Gasteiger partial charge in [0.25, 0.3) is 0 Å². The number of benzene rings is 2. The topological polar surface area (TPSA) is 12.5 Å². The fraction of sp³-hybridized carbons (Fsp3) is 0.364. The highest BCUT2D eigenvalue weighted by Gasteiger charge is 2.24. The molecule has 3 heteroatoms. The average Bonchev–Trinajstić information content (AvgIpc) is 2.68. The van der Waals surface area contributed by atoms with E-state index in [1.54, 1.807) is 7.11 Å². The summed E-state index contributed by atoms with van der Waals surface area (Å²) in [5.41, 5.74) is 4.05. The summed E-state index contributed by atoms with van der Waals surface area (Å²) in [7, 11) is 1.73. The largest absolute Gasteiger partial charge is 0.497 e. The first-order valence-electron chi connectivity index (χ1n) is 9.00. The maximum Gasteiger partial charge on any atom is 0.119 e. The lowest BCUT2D eigenvalue weighted by atomic mass is 9.87. The molecule has 2 aromatic rings. The summed E-state index contributed by atoms with van der Waals surface area (Å²) in [6.45, 7) is 2.12. The maximum atomic E-state index is 5.93. The number of likely N-dealkylation sites (tertiary alicyclic amines) is 1. The number of allylic oxidation sites excluding steroid dienone is 1. The second kappa shape index (κ2) is 8.96. The van der Waals surface area contributed by atoms with Crippen LogP contribution in [0, 0.1) is 0 Å². The van der Waals surface area contributed by atoms with Crippen molar-refractivity contribution in [1.29, 1.82) is 0 Å². The Kier molecular flexibility index (Phi) is 6.41. The molecule has 0 saturated carbocycles. The molecule has 1 unspecified atom stereocenters. The van der Waals surface area contributed by atoms with Gasteiger partial charge in [0, 0.05) is 24.7 Å². The monoisotopic (exact) mass is 355 g/mol. The van der Waals surface area contributed by atoms with Gasteiger partial charge in [0.05, 0.1) is 7.11 Å². The normalized spacial score (nSPS) is 19.2. The van der Waals surface area contributed by atoms with Crippen molar-refractivity contribution in [2.24, 2.45) is 0 Å². The molecule has 1 aliphatic heterocycles. The summed E-state index contributed by atoms with van der Waals surface area (Å²) >= 11 is 5.93. The van der Waals surface area contributed by atoms with Crippen molar-refractivity contribution in [2.75, 3.05) is 26.1 Å². The lowest BCUT2D eigenvalue weighted by Crippen LogP contribution is -2.32. The Labute approximate surface area is 156 Å². The second-order valence-corrected chi connectivity index (χ2v) is 6.92. The van der Waals surface area contributed by atoms with Gasteiger partial charge in [-0.1, -0.05) is 42.5 Å². The molecule has 0 radical (unpaired) electrons. The first-order chi connectivity index (χ1) is 12.3. The zero-order valence-corrected chi connectivity index (χ0v) is 15.6. The number of rotatable bonds is 6. The Morgan fingerprint density at radius 2 is 2.00 bits per heavy atom. The van der Waals surface area contributed by atoms with E-state index in [0.717, 1.165) is 31.7 Å². The number of methoxy groups -OCH3 is 1. The van der Waals surface area contributed by atoms with Crippen molar-refractivity contribution in [3.05, 3.63) is 71.4 Å². The molecule has 0 spiro atoms. The van der Waals surface area contributed by atoms with Crippen LogP contribution in [-0.4, -0.2) is 31.0 Å². The van der Waals surface area contributed by atoms with Crippen LogP contribution >= 0.6 is 11.6 Å². The minimum atomic E-state index is 0.539. The van der Waals surface area contributed by atoms with Gasteiger partial charge in [0.2, 0.25) is 0 Å². The van der Waals surface area contributed by atoms with E-state index in [1.165, 1.54) is 23.2 Å². The quantitative estimate of drug-likeness (QED) is 0.630. The van der Waals surface area contributed by atoms with Crippen LogP contribution in [0.1, 0.15) is 36.3 Å². The van der Waals surface area contributed by atoms with Gasteiger partial charge in [0.1, 0.15) is 5.75 Å². The highest BCUT2D eigenvalue weighted by atomic mass is 35.5. The molecule has 25 heavy (non-hydrogen) atoms. The van der Waals surface area contributed by atoms with E-state index in [4.69, 9.17) is 16.3 Å². The van der Waals surface area contributed by atoms with Crippen LogP contribution in [0.3, 0.4) is 0 Å². The number of ether oxygens (including phenoxy) is 1. The molecule has 0 aromatic heterocycles. The van der Waals surface area contributed by atoms with Crippen LogP contribution in [-0.2, 0) is 0 Å². The van der Waals surface area contributed by atoms with Crippen LogP contribution in [0.4, 0.5) is 0 Å². The average molecular weight is 356 g/mol. The summed E-state index contributed by atoms with van der Waals surface area (Å²) in [4.78, 5) is 2.51. The first kappa shape index (κ1) is 17.9. The van der Waals surface area contributed by atoms with E-state index >= 15 is 0 Å². The first-order valence-corrected chi connectivity index (χ1v) is 9.54. The summed E-state index contributed by atoms with van der Waals surface area (Å²) in [5, 5.41) is 0. The Bertz CT molecular complexity index is 698. The van der Waals surface area contributed by atoms with Gasteiger partial charge in [-0.05, 0) is 54.5 Å². The molecular formula is C22H26ClNO. The Balaban J connectivity index is 1.82. The summed E-state index contributed by atoms with van der Waals surface area (Å²) in [6, 6.07) is 19.1. The molecule has 132 valence electrons. The number of halogens is 1. The molecular weight excluding hydrogens is 330 g/mol. The third kappa shape index (κ3) is 4.79. The fourth-order valence-electron chi connectivity index (χ4n) is 3.52. The summed E-state index contributed by atoms with van der Waals surface area (Å²) < 4.78 is 5.40. The maximum absolute atomic E-state index is 5.93. The smallest absolute Gasteiger partial charge is 0.119 e. The van der Waals surface area contributed by atoms with Crippen molar-refractivity contribution in [2.45, 2.75) is 25.2 Å². The van der Waals surface area contributed by atoms with E-state index in [0.29, 0.717) is 11.8 Å². The molecule has 0 amide bonds. The van der Waals surface area contributed by atoms with E-state index in [9.17, 15) is 0 Å². The molecule has 3 rings (SSSR count). The molecule has 0 N–H and O–H groups in total. The van der Waals surface area contributed by atoms with Crippen LogP contribution in [0.25, 0.3) is 6.08 Å². The van der Waals surface area contributed by atoms with Crippen molar-refractivity contribution in [3.8, 4) is 5.75 Å². The highest BCUT2D eigenvalue weighted by molar-refractivity contribution is 6.17. The summed E-state index contributed by atoms with van der Waals surface area (Å²) in [5.74, 6) is 2.20. The van der Waals surface area contributed by atoms with E-state index in [1.807, 2.05) is 6.07 Å². The third-order valence-electron chi connectivity index (χ3n) is 4.87. The molecule has 1 saturated heterocycles. The Morgan fingerprint density at radius 3 is 2.76 bits per heavy atom.